The Morgan fingerprint density at radius 2 is 1.85 bits per heavy atom. The van der Waals surface area contributed by atoms with E-state index in [1.807, 2.05) is 0 Å². The Morgan fingerprint density at radius 1 is 1.15 bits per heavy atom. The van der Waals surface area contributed by atoms with Crippen LogP contribution in [-0.4, -0.2) is 4.98 Å². The summed E-state index contributed by atoms with van der Waals surface area (Å²) >= 11 is 3.03. The summed E-state index contributed by atoms with van der Waals surface area (Å²) in [6.07, 6.45) is -1.66. The highest BCUT2D eigenvalue weighted by molar-refractivity contribution is 9.10. The molecule has 7 heteroatoms. The fraction of sp³-hybridized carbons (Fsp3) is 0.154. The van der Waals surface area contributed by atoms with E-state index >= 15 is 0 Å². The van der Waals surface area contributed by atoms with Crippen LogP contribution in [0.5, 0.6) is 0 Å². The van der Waals surface area contributed by atoms with Gasteiger partial charge in [-0.2, -0.15) is 13.2 Å². The molecule has 0 aliphatic rings. The third-order valence-corrected chi connectivity index (χ3v) is 3.37. The number of nitrogens with two attached hydrogens (primary N) is 2. The molecule has 20 heavy (non-hydrogen) atoms. The highest BCUT2D eigenvalue weighted by atomic mass is 79.9. The number of benzene rings is 1. The van der Waals surface area contributed by atoms with Gasteiger partial charge < -0.3 is 11.5 Å². The third kappa shape index (κ3) is 2.94. The van der Waals surface area contributed by atoms with Crippen LogP contribution >= 0.6 is 15.9 Å². The number of alkyl halides is 3. The third-order valence-electron chi connectivity index (χ3n) is 2.88. The molecular formula is C13H11BrF3N3. The van der Waals surface area contributed by atoms with Gasteiger partial charge in [0.15, 0.2) is 0 Å². The molecule has 0 aliphatic carbocycles. The zero-order valence-corrected chi connectivity index (χ0v) is 11.7. The van der Waals surface area contributed by atoms with Gasteiger partial charge in [0, 0.05) is 28.1 Å². The molecule has 0 amide bonds. The summed E-state index contributed by atoms with van der Waals surface area (Å²) in [6.45, 7) is 0. The summed E-state index contributed by atoms with van der Waals surface area (Å²) in [7, 11) is 0. The quantitative estimate of drug-likeness (QED) is 0.875. The molecule has 0 bridgehead atoms. The lowest BCUT2D eigenvalue weighted by Crippen LogP contribution is -2.19. The largest absolute Gasteiger partial charge is 0.416 e. The van der Waals surface area contributed by atoms with Crippen molar-refractivity contribution in [2.45, 2.75) is 12.2 Å². The molecule has 0 fully saturated rings. The van der Waals surface area contributed by atoms with E-state index in [1.165, 1.54) is 30.6 Å². The van der Waals surface area contributed by atoms with E-state index in [4.69, 9.17) is 11.5 Å². The topological polar surface area (TPSA) is 64.9 Å². The predicted molar refractivity (Wildman–Crippen MR) is 73.8 cm³/mol. The second-order valence-corrected chi connectivity index (χ2v) is 5.13. The molecular weight excluding hydrogens is 335 g/mol. The van der Waals surface area contributed by atoms with Crippen LogP contribution in [0.15, 0.2) is 41.1 Å². The zero-order valence-electron chi connectivity index (χ0n) is 10.2. The molecule has 0 spiro atoms. The number of anilines is 1. The first kappa shape index (κ1) is 14.8. The van der Waals surface area contributed by atoms with Gasteiger partial charge in [0.25, 0.3) is 0 Å². The first-order chi connectivity index (χ1) is 9.30. The highest BCUT2D eigenvalue weighted by Gasteiger charge is 2.35. The Hall–Kier alpha value is -1.60. The Bertz CT molecular complexity index is 628. The Balaban J connectivity index is 2.56. The van der Waals surface area contributed by atoms with Crippen molar-refractivity contribution >= 4 is 21.6 Å². The van der Waals surface area contributed by atoms with Crippen LogP contribution in [0.3, 0.4) is 0 Å². The summed E-state index contributed by atoms with van der Waals surface area (Å²) in [5.74, 6) is 0. The van der Waals surface area contributed by atoms with Crippen molar-refractivity contribution in [2.24, 2.45) is 5.73 Å². The summed E-state index contributed by atoms with van der Waals surface area (Å²) in [5, 5.41) is 0. The van der Waals surface area contributed by atoms with Crippen LogP contribution in [0.2, 0.25) is 0 Å². The number of nitrogen functional groups attached to an aromatic ring is 1. The fourth-order valence-corrected chi connectivity index (χ4v) is 2.25. The van der Waals surface area contributed by atoms with Crippen molar-refractivity contribution in [3.63, 3.8) is 0 Å². The molecule has 0 saturated heterocycles. The minimum absolute atomic E-state index is 0.0413. The lowest BCUT2D eigenvalue weighted by Gasteiger charge is -2.19. The molecule has 1 aromatic carbocycles. The number of hydrogen-bond acceptors (Lipinski definition) is 3. The molecule has 0 aliphatic heterocycles. The lowest BCUT2D eigenvalue weighted by molar-refractivity contribution is -0.138. The number of aromatic nitrogens is 1. The van der Waals surface area contributed by atoms with Crippen LogP contribution in [0.1, 0.15) is 22.7 Å². The Labute approximate surface area is 121 Å². The normalized spacial score (nSPS) is 13.2. The van der Waals surface area contributed by atoms with E-state index in [2.05, 4.69) is 20.9 Å². The van der Waals surface area contributed by atoms with E-state index < -0.39 is 17.8 Å². The van der Waals surface area contributed by atoms with E-state index in [-0.39, 0.29) is 5.56 Å². The van der Waals surface area contributed by atoms with Gasteiger partial charge >= 0.3 is 6.18 Å². The fourth-order valence-electron chi connectivity index (χ4n) is 1.89. The molecule has 0 radical (unpaired) electrons. The highest BCUT2D eigenvalue weighted by Crippen LogP contribution is 2.38. The number of halogens is 4. The molecule has 1 atom stereocenters. The molecule has 2 aromatic rings. The van der Waals surface area contributed by atoms with Gasteiger partial charge in [-0.15, -0.1) is 0 Å². The standard InChI is InChI=1S/C13H11BrF3N3/c14-7-1-2-8(10(5-7)13(15,16)17)12(19)9-6-20-4-3-11(9)18/h1-6,12H,19H2,(H2,18,20). The second-order valence-electron chi connectivity index (χ2n) is 4.21. The maximum absolute atomic E-state index is 13.1. The molecule has 4 N–H and O–H groups in total. The van der Waals surface area contributed by atoms with Gasteiger partial charge in [-0.3, -0.25) is 4.98 Å². The Kier molecular flexibility index (Phi) is 4.01. The molecule has 3 nitrogen and oxygen atoms in total. The molecule has 0 saturated carbocycles. The van der Waals surface area contributed by atoms with Gasteiger partial charge in [0.2, 0.25) is 0 Å². The van der Waals surface area contributed by atoms with E-state index in [0.717, 1.165) is 6.07 Å². The molecule has 106 valence electrons. The summed E-state index contributed by atoms with van der Waals surface area (Å²) < 4.78 is 39.6. The second kappa shape index (κ2) is 5.41. The van der Waals surface area contributed by atoms with Crippen LogP contribution in [0.4, 0.5) is 18.9 Å². The smallest absolute Gasteiger partial charge is 0.398 e. The van der Waals surface area contributed by atoms with Crippen molar-refractivity contribution in [1.29, 1.82) is 0 Å². The van der Waals surface area contributed by atoms with Crippen LogP contribution in [0.25, 0.3) is 0 Å². The van der Waals surface area contributed by atoms with Gasteiger partial charge in [-0.1, -0.05) is 22.0 Å². The average Bonchev–Trinajstić information content (AvgIpc) is 2.37. The predicted octanol–water partition coefficient (Wildman–Crippen LogP) is 3.49. The SMILES string of the molecule is Nc1ccncc1C(N)c1ccc(Br)cc1C(F)(F)F. The summed E-state index contributed by atoms with van der Waals surface area (Å²) in [6, 6.07) is 4.36. The lowest BCUT2D eigenvalue weighted by atomic mass is 9.95. The monoisotopic (exact) mass is 345 g/mol. The zero-order chi connectivity index (χ0) is 14.9. The van der Waals surface area contributed by atoms with E-state index in [0.29, 0.717) is 15.7 Å². The van der Waals surface area contributed by atoms with Gasteiger partial charge in [-0.05, 0) is 23.8 Å². The van der Waals surface area contributed by atoms with Gasteiger partial charge in [0.1, 0.15) is 0 Å². The number of pyridine rings is 1. The maximum Gasteiger partial charge on any atom is 0.416 e. The van der Waals surface area contributed by atoms with Gasteiger partial charge in [0.05, 0.1) is 11.6 Å². The molecule has 2 rings (SSSR count). The van der Waals surface area contributed by atoms with Crippen molar-refractivity contribution in [3.05, 3.63) is 57.8 Å². The average molecular weight is 346 g/mol. The van der Waals surface area contributed by atoms with Crippen molar-refractivity contribution in [3.8, 4) is 0 Å². The van der Waals surface area contributed by atoms with Crippen molar-refractivity contribution in [2.75, 3.05) is 5.73 Å². The molecule has 1 unspecified atom stereocenters. The first-order valence-corrected chi connectivity index (χ1v) is 6.41. The number of nitrogens with zero attached hydrogens (tertiary/aromatic N) is 1. The minimum Gasteiger partial charge on any atom is -0.398 e. The minimum atomic E-state index is -4.49. The van der Waals surface area contributed by atoms with Crippen LogP contribution in [0, 0.1) is 0 Å². The Morgan fingerprint density at radius 3 is 2.45 bits per heavy atom. The van der Waals surface area contributed by atoms with E-state index in [1.54, 1.807) is 0 Å². The summed E-state index contributed by atoms with van der Waals surface area (Å²) in [4.78, 5) is 3.85. The molecule has 1 heterocycles. The van der Waals surface area contributed by atoms with Crippen molar-refractivity contribution in [1.82, 2.24) is 4.98 Å². The summed E-state index contributed by atoms with van der Waals surface area (Å²) in [5.41, 5.74) is 11.5. The van der Waals surface area contributed by atoms with E-state index in [9.17, 15) is 13.2 Å². The number of hydrogen-bond donors (Lipinski definition) is 2. The van der Waals surface area contributed by atoms with Crippen molar-refractivity contribution < 1.29 is 13.2 Å². The van der Waals surface area contributed by atoms with Crippen LogP contribution in [-0.2, 0) is 6.18 Å². The first-order valence-electron chi connectivity index (χ1n) is 5.62. The number of rotatable bonds is 2. The van der Waals surface area contributed by atoms with Gasteiger partial charge in [-0.25, -0.2) is 0 Å². The maximum atomic E-state index is 13.1. The van der Waals surface area contributed by atoms with Crippen LogP contribution < -0.4 is 11.5 Å². The molecule has 1 aromatic heterocycles.